The Morgan fingerprint density at radius 3 is 2.62 bits per heavy atom. The van der Waals surface area contributed by atoms with Gasteiger partial charge in [-0.2, -0.15) is 13.2 Å². The number of amides is 1. The molecule has 0 radical (unpaired) electrons. The average Bonchev–Trinajstić information content (AvgIpc) is 3.20. The summed E-state index contributed by atoms with van der Waals surface area (Å²) in [5, 5.41) is 15.9. The number of halogens is 3. The lowest BCUT2D eigenvalue weighted by atomic mass is 10.1. The van der Waals surface area contributed by atoms with Gasteiger partial charge < -0.3 is 14.8 Å². The second-order valence-electron chi connectivity index (χ2n) is 6.79. The number of anilines is 1. The molecule has 1 aromatic heterocycles. The Hall–Kier alpha value is -4.00. The van der Waals surface area contributed by atoms with Gasteiger partial charge in [-0.1, -0.05) is 6.07 Å². The van der Waals surface area contributed by atoms with Gasteiger partial charge in [0.25, 0.3) is 11.6 Å². The Labute approximate surface area is 194 Å². The Kier molecular flexibility index (Phi) is 7.46. The summed E-state index contributed by atoms with van der Waals surface area (Å²) in [6.07, 6.45) is -4.79. The van der Waals surface area contributed by atoms with E-state index in [2.05, 4.69) is 10.3 Å². The number of alkyl halides is 3. The Morgan fingerprint density at radius 2 is 1.97 bits per heavy atom. The van der Waals surface area contributed by atoms with Crippen molar-refractivity contribution in [2.24, 2.45) is 0 Å². The first-order valence-electron chi connectivity index (χ1n) is 9.49. The largest absolute Gasteiger partial charge is 0.487 e. The number of thiazole rings is 1. The van der Waals surface area contributed by atoms with Crippen LogP contribution in [0, 0.1) is 17.0 Å². The number of nitro groups is 1. The van der Waals surface area contributed by atoms with E-state index in [-0.39, 0.29) is 12.2 Å². The molecular weight excluding hydrogens is 479 g/mol. The van der Waals surface area contributed by atoms with Crippen LogP contribution in [0.1, 0.15) is 26.6 Å². The highest BCUT2D eigenvalue weighted by atomic mass is 32.1. The Bertz CT molecular complexity index is 1230. The molecule has 0 aliphatic carbocycles. The number of aryl methyl sites for hydroxylation is 1. The van der Waals surface area contributed by atoms with Crippen LogP contribution in [0.25, 0.3) is 0 Å². The predicted octanol–water partition coefficient (Wildman–Crippen LogP) is 4.75. The molecule has 0 unspecified atom stereocenters. The van der Waals surface area contributed by atoms with Gasteiger partial charge >= 0.3 is 12.1 Å². The molecule has 3 rings (SSSR count). The van der Waals surface area contributed by atoms with Crippen molar-refractivity contribution < 1.29 is 37.2 Å². The summed E-state index contributed by atoms with van der Waals surface area (Å²) in [5.41, 5.74) is -1.85. The smallest absolute Gasteiger partial charge is 0.416 e. The van der Waals surface area contributed by atoms with Crippen molar-refractivity contribution in [1.29, 1.82) is 0 Å². The van der Waals surface area contributed by atoms with Crippen LogP contribution in [-0.2, 0) is 22.3 Å². The first-order valence-corrected chi connectivity index (χ1v) is 10.4. The summed E-state index contributed by atoms with van der Waals surface area (Å²) >= 11 is 1.47. The maximum atomic E-state index is 12.8. The molecule has 0 fully saturated rings. The quantitative estimate of drug-likeness (QED) is 0.272. The Morgan fingerprint density at radius 1 is 1.21 bits per heavy atom. The number of nitro benzene ring substituents is 1. The van der Waals surface area contributed by atoms with Crippen LogP contribution < -0.4 is 10.1 Å². The second kappa shape index (κ2) is 10.3. The fraction of sp³-hybridized carbons (Fsp3) is 0.190. The van der Waals surface area contributed by atoms with E-state index in [4.69, 9.17) is 9.47 Å². The summed E-state index contributed by atoms with van der Waals surface area (Å²) in [6.45, 7) is 1.23. The number of aromatic nitrogens is 1. The third-order valence-corrected chi connectivity index (χ3v) is 5.08. The van der Waals surface area contributed by atoms with E-state index in [9.17, 15) is 32.9 Å². The van der Waals surface area contributed by atoms with E-state index in [0.717, 1.165) is 16.8 Å². The van der Waals surface area contributed by atoms with Crippen LogP contribution >= 0.6 is 11.3 Å². The molecule has 1 N–H and O–H groups in total. The molecule has 1 amide bonds. The molecule has 0 spiro atoms. The van der Waals surface area contributed by atoms with Crippen LogP contribution in [0.2, 0.25) is 0 Å². The zero-order valence-electron chi connectivity index (χ0n) is 17.4. The van der Waals surface area contributed by atoms with E-state index >= 15 is 0 Å². The minimum Gasteiger partial charge on any atom is -0.487 e. The van der Waals surface area contributed by atoms with Crippen molar-refractivity contribution >= 4 is 34.6 Å². The number of carbonyl (C=O) groups excluding carboxylic acids is 2. The van der Waals surface area contributed by atoms with Crippen molar-refractivity contribution in [2.45, 2.75) is 19.7 Å². The van der Waals surface area contributed by atoms with Gasteiger partial charge in [0, 0.05) is 11.4 Å². The second-order valence-corrected chi connectivity index (χ2v) is 7.85. The van der Waals surface area contributed by atoms with Crippen LogP contribution in [-0.4, -0.2) is 28.4 Å². The number of benzene rings is 2. The van der Waals surface area contributed by atoms with E-state index in [1.165, 1.54) is 23.5 Å². The lowest BCUT2D eigenvalue weighted by Crippen LogP contribution is -2.21. The van der Waals surface area contributed by atoms with E-state index in [1.807, 2.05) is 12.3 Å². The first-order chi connectivity index (χ1) is 16.0. The molecule has 1 heterocycles. The zero-order valence-corrected chi connectivity index (χ0v) is 18.2. The minimum absolute atomic E-state index is 0.0836. The predicted molar refractivity (Wildman–Crippen MR) is 115 cm³/mol. The van der Waals surface area contributed by atoms with Gasteiger partial charge in [-0.25, -0.2) is 9.78 Å². The van der Waals surface area contributed by atoms with Crippen LogP contribution in [0.3, 0.4) is 0 Å². The van der Waals surface area contributed by atoms with E-state index < -0.39 is 46.5 Å². The number of hydrogen-bond acceptors (Lipinski definition) is 8. The number of carbonyl (C=O) groups is 2. The molecule has 0 aliphatic rings. The highest BCUT2D eigenvalue weighted by Gasteiger charge is 2.33. The molecule has 34 heavy (non-hydrogen) atoms. The molecule has 3 aromatic rings. The molecule has 0 atom stereocenters. The molecule has 0 saturated carbocycles. The molecule has 13 heteroatoms. The maximum absolute atomic E-state index is 12.8. The number of hydrogen-bond donors (Lipinski definition) is 1. The van der Waals surface area contributed by atoms with E-state index in [1.54, 1.807) is 12.1 Å². The standard InChI is InChI=1S/C21H16F3N3O6S/c1-12-25-15(11-34-12)9-32-16-4-2-3-13(7-16)20(29)33-10-19(28)26-17-6-5-14(21(22,23)24)8-18(17)27(30)31/h2-8,11H,9-10H2,1H3,(H,26,28). The third-order valence-electron chi connectivity index (χ3n) is 4.25. The van der Waals surface area contributed by atoms with Crippen molar-refractivity contribution in [1.82, 2.24) is 4.98 Å². The molecule has 2 aromatic carbocycles. The van der Waals surface area contributed by atoms with Gasteiger partial charge in [-0.15, -0.1) is 11.3 Å². The van der Waals surface area contributed by atoms with Gasteiger partial charge in [0.05, 0.1) is 26.8 Å². The lowest BCUT2D eigenvalue weighted by molar-refractivity contribution is -0.384. The van der Waals surface area contributed by atoms with Gasteiger partial charge in [-0.3, -0.25) is 14.9 Å². The van der Waals surface area contributed by atoms with Crippen LogP contribution in [0.5, 0.6) is 5.75 Å². The summed E-state index contributed by atoms with van der Waals surface area (Å²) in [7, 11) is 0. The summed E-state index contributed by atoms with van der Waals surface area (Å²) in [5.74, 6) is -1.47. The molecule has 178 valence electrons. The Balaban J connectivity index is 1.59. The van der Waals surface area contributed by atoms with Crippen molar-refractivity contribution in [3.05, 3.63) is 79.8 Å². The fourth-order valence-corrected chi connectivity index (χ4v) is 3.31. The fourth-order valence-electron chi connectivity index (χ4n) is 2.71. The maximum Gasteiger partial charge on any atom is 0.416 e. The molecule has 0 saturated heterocycles. The van der Waals surface area contributed by atoms with Crippen LogP contribution in [0.4, 0.5) is 24.5 Å². The summed E-state index contributed by atoms with van der Waals surface area (Å²) in [6, 6.07) is 7.65. The highest BCUT2D eigenvalue weighted by molar-refractivity contribution is 7.09. The van der Waals surface area contributed by atoms with Gasteiger partial charge in [-0.05, 0) is 37.3 Å². The third kappa shape index (κ3) is 6.51. The van der Waals surface area contributed by atoms with Gasteiger partial charge in [0.1, 0.15) is 18.0 Å². The van der Waals surface area contributed by atoms with Crippen LogP contribution in [0.15, 0.2) is 47.8 Å². The number of nitrogens with zero attached hydrogens (tertiary/aromatic N) is 2. The van der Waals surface area contributed by atoms with Crippen molar-refractivity contribution in [2.75, 3.05) is 11.9 Å². The minimum atomic E-state index is -4.79. The highest BCUT2D eigenvalue weighted by Crippen LogP contribution is 2.35. The van der Waals surface area contributed by atoms with E-state index in [0.29, 0.717) is 17.9 Å². The average molecular weight is 495 g/mol. The molecule has 0 aliphatic heterocycles. The van der Waals surface area contributed by atoms with Gasteiger partial charge in [0.2, 0.25) is 0 Å². The topological polar surface area (TPSA) is 121 Å². The van der Waals surface area contributed by atoms with Gasteiger partial charge in [0.15, 0.2) is 6.61 Å². The monoisotopic (exact) mass is 495 g/mol. The normalized spacial score (nSPS) is 11.1. The molecular formula is C21H16F3N3O6S. The summed E-state index contributed by atoms with van der Waals surface area (Å²) in [4.78, 5) is 38.6. The molecule has 9 nitrogen and oxygen atoms in total. The number of esters is 1. The number of ether oxygens (including phenoxy) is 2. The SMILES string of the molecule is Cc1nc(COc2cccc(C(=O)OCC(=O)Nc3ccc(C(F)(F)F)cc3[N+](=O)[O-])c2)cs1. The number of rotatable bonds is 8. The first kappa shape index (κ1) is 24.6. The number of nitrogens with one attached hydrogen (secondary N) is 1. The summed E-state index contributed by atoms with van der Waals surface area (Å²) < 4.78 is 48.8. The zero-order chi connectivity index (χ0) is 24.9. The van der Waals surface area contributed by atoms with Crippen molar-refractivity contribution in [3.63, 3.8) is 0 Å². The van der Waals surface area contributed by atoms with Crippen molar-refractivity contribution in [3.8, 4) is 5.75 Å². The molecule has 0 bridgehead atoms. The lowest BCUT2D eigenvalue weighted by Gasteiger charge is -2.10.